The average molecular weight is 224 g/mol. The Labute approximate surface area is 94.6 Å². The highest BCUT2D eigenvalue weighted by Crippen LogP contribution is 2.05. The van der Waals surface area contributed by atoms with E-state index in [1.54, 1.807) is 19.2 Å². The highest BCUT2D eigenvalue weighted by molar-refractivity contribution is 5.18. The SMILES string of the molecule is COCC(O)CCNCc1ccc(C#N)o1. The first-order valence-electron chi connectivity index (χ1n) is 5.12. The van der Waals surface area contributed by atoms with Gasteiger partial charge >= 0.3 is 0 Å². The van der Waals surface area contributed by atoms with Gasteiger partial charge in [0.1, 0.15) is 11.8 Å². The highest BCUT2D eigenvalue weighted by atomic mass is 16.5. The minimum Gasteiger partial charge on any atom is -0.449 e. The normalized spacial score (nSPS) is 12.3. The van der Waals surface area contributed by atoms with Gasteiger partial charge in [-0.15, -0.1) is 0 Å². The van der Waals surface area contributed by atoms with E-state index in [1.165, 1.54) is 0 Å². The van der Waals surface area contributed by atoms with E-state index in [-0.39, 0.29) is 0 Å². The summed E-state index contributed by atoms with van der Waals surface area (Å²) in [5.74, 6) is 1.04. The van der Waals surface area contributed by atoms with Crippen LogP contribution < -0.4 is 5.32 Å². The topological polar surface area (TPSA) is 78.4 Å². The smallest absolute Gasteiger partial charge is 0.203 e. The molecule has 1 rings (SSSR count). The minimum atomic E-state index is -0.441. The maximum Gasteiger partial charge on any atom is 0.203 e. The minimum absolute atomic E-state index is 0.316. The lowest BCUT2D eigenvalue weighted by Crippen LogP contribution is -2.22. The van der Waals surface area contributed by atoms with E-state index < -0.39 is 6.10 Å². The lowest BCUT2D eigenvalue weighted by Gasteiger charge is -2.09. The zero-order valence-electron chi connectivity index (χ0n) is 9.27. The van der Waals surface area contributed by atoms with Gasteiger partial charge in [0.25, 0.3) is 0 Å². The Morgan fingerprint density at radius 1 is 1.62 bits per heavy atom. The van der Waals surface area contributed by atoms with Crippen molar-refractivity contribution >= 4 is 0 Å². The summed E-state index contributed by atoms with van der Waals surface area (Å²) in [6, 6.07) is 5.32. The molecular weight excluding hydrogens is 208 g/mol. The van der Waals surface area contributed by atoms with Crippen LogP contribution in [0.5, 0.6) is 0 Å². The molecule has 1 unspecified atom stereocenters. The van der Waals surface area contributed by atoms with E-state index in [2.05, 4.69) is 5.32 Å². The number of methoxy groups -OCH3 is 1. The molecule has 5 heteroatoms. The van der Waals surface area contributed by atoms with Crippen LogP contribution in [0.15, 0.2) is 16.5 Å². The van der Waals surface area contributed by atoms with Gasteiger partial charge in [-0.3, -0.25) is 0 Å². The van der Waals surface area contributed by atoms with Crippen LogP contribution in [0.1, 0.15) is 17.9 Å². The summed E-state index contributed by atoms with van der Waals surface area (Å²) >= 11 is 0. The van der Waals surface area contributed by atoms with Crippen molar-refractivity contribution < 1.29 is 14.3 Å². The molecule has 0 bridgehead atoms. The van der Waals surface area contributed by atoms with Crippen molar-refractivity contribution in [2.75, 3.05) is 20.3 Å². The summed E-state index contributed by atoms with van der Waals surface area (Å²) in [5, 5.41) is 21.0. The first-order valence-corrected chi connectivity index (χ1v) is 5.12. The molecule has 5 nitrogen and oxygen atoms in total. The van der Waals surface area contributed by atoms with Gasteiger partial charge in [0.2, 0.25) is 5.76 Å². The van der Waals surface area contributed by atoms with Crippen molar-refractivity contribution in [1.82, 2.24) is 5.32 Å². The van der Waals surface area contributed by atoms with E-state index in [4.69, 9.17) is 14.4 Å². The Kier molecular flexibility index (Phi) is 5.57. The molecule has 0 saturated carbocycles. The van der Waals surface area contributed by atoms with E-state index in [0.717, 1.165) is 5.76 Å². The fraction of sp³-hybridized carbons (Fsp3) is 0.545. The predicted molar refractivity (Wildman–Crippen MR) is 57.6 cm³/mol. The van der Waals surface area contributed by atoms with Crippen molar-refractivity contribution in [3.05, 3.63) is 23.7 Å². The third-order valence-corrected chi connectivity index (χ3v) is 2.08. The molecule has 0 spiro atoms. The lowest BCUT2D eigenvalue weighted by atomic mass is 10.2. The number of ether oxygens (including phenoxy) is 1. The molecule has 0 aromatic carbocycles. The van der Waals surface area contributed by atoms with Crippen LogP contribution in [0.25, 0.3) is 0 Å². The molecule has 0 amide bonds. The van der Waals surface area contributed by atoms with Gasteiger partial charge in [0.05, 0.1) is 19.3 Å². The number of aliphatic hydroxyl groups excluding tert-OH is 1. The maximum absolute atomic E-state index is 9.36. The summed E-state index contributed by atoms with van der Waals surface area (Å²) in [7, 11) is 1.56. The fourth-order valence-corrected chi connectivity index (χ4v) is 1.29. The molecule has 0 fully saturated rings. The number of nitriles is 1. The molecule has 0 aliphatic carbocycles. The second-order valence-corrected chi connectivity index (χ2v) is 3.45. The summed E-state index contributed by atoms with van der Waals surface area (Å²) in [6.45, 7) is 1.58. The number of hydrogen-bond acceptors (Lipinski definition) is 5. The third-order valence-electron chi connectivity index (χ3n) is 2.08. The van der Waals surface area contributed by atoms with Gasteiger partial charge in [0.15, 0.2) is 0 Å². The number of furan rings is 1. The van der Waals surface area contributed by atoms with Crippen LogP contribution >= 0.6 is 0 Å². The van der Waals surface area contributed by atoms with Gasteiger partial charge in [-0.2, -0.15) is 5.26 Å². The van der Waals surface area contributed by atoms with Crippen LogP contribution in [-0.4, -0.2) is 31.5 Å². The Morgan fingerprint density at radius 2 is 2.44 bits per heavy atom. The molecule has 1 aromatic heterocycles. The van der Waals surface area contributed by atoms with Gasteiger partial charge in [-0.05, 0) is 25.1 Å². The monoisotopic (exact) mass is 224 g/mol. The number of nitrogens with one attached hydrogen (secondary N) is 1. The van der Waals surface area contributed by atoms with Crippen molar-refractivity contribution in [3.8, 4) is 6.07 Å². The van der Waals surface area contributed by atoms with Crippen LogP contribution in [-0.2, 0) is 11.3 Å². The number of aliphatic hydroxyl groups is 1. The predicted octanol–water partition coefficient (Wildman–Crippen LogP) is 0.638. The molecule has 0 radical (unpaired) electrons. The fourth-order valence-electron chi connectivity index (χ4n) is 1.29. The first-order chi connectivity index (χ1) is 7.76. The van der Waals surface area contributed by atoms with Gasteiger partial charge in [-0.1, -0.05) is 0 Å². The Morgan fingerprint density at radius 3 is 3.06 bits per heavy atom. The Bertz CT molecular complexity index is 343. The second-order valence-electron chi connectivity index (χ2n) is 3.45. The Balaban J connectivity index is 2.14. The molecule has 0 aliphatic heterocycles. The molecule has 16 heavy (non-hydrogen) atoms. The summed E-state index contributed by atoms with van der Waals surface area (Å²) in [4.78, 5) is 0. The number of rotatable bonds is 7. The molecule has 2 N–H and O–H groups in total. The molecule has 1 aromatic rings. The van der Waals surface area contributed by atoms with Crippen molar-refractivity contribution in [3.63, 3.8) is 0 Å². The van der Waals surface area contributed by atoms with Gasteiger partial charge in [-0.25, -0.2) is 0 Å². The quantitative estimate of drug-likeness (QED) is 0.664. The van der Waals surface area contributed by atoms with Crippen LogP contribution in [0.2, 0.25) is 0 Å². The molecular formula is C11H16N2O3. The molecule has 1 heterocycles. The van der Waals surface area contributed by atoms with Crippen molar-refractivity contribution in [2.24, 2.45) is 0 Å². The van der Waals surface area contributed by atoms with Crippen LogP contribution in [0, 0.1) is 11.3 Å². The largest absolute Gasteiger partial charge is 0.449 e. The van der Waals surface area contributed by atoms with Gasteiger partial charge < -0.3 is 19.6 Å². The van der Waals surface area contributed by atoms with E-state index in [9.17, 15) is 5.11 Å². The molecule has 1 atom stereocenters. The summed E-state index contributed by atoms with van der Waals surface area (Å²) in [6.07, 6.45) is 0.184. The molecule has 0 aliphatic rings. The Hall–Kier alpha value is -1.35. The number of hydrogen-bond donors (Lipinski definition) is 2. The molecule has 0 saturated heterocycles. The third kappa shape index (κ3) is 4.45. The standard InChI is InChI=1S/C11H16N2O3/c1-15-8-9(14)4-5-13-7-11-3-2-10(6-12)16-11/h2-3,9,13-14H,4-5,7-8H2,1H3. The summed E-state index contributed by atoms with van der Waals surface area (Å²) < 4.78 is 9.98. The first kappa shape index (κ1) is 12.7. The van der Waals surface area contributed by atoms with Gasteiger partial charge in [0, 0.05) is 7.11 Å². The van der Waals surface area contributed by atoms with Crippen LogP contribution in [0.4, 0.5) is 0 Å². The van der Waals surface area contributed by atoms with E-state index in [1.807, 2.05) is 6.07 Å². The number of nitrogens with zero attached hydrogens (tertiary/aromatic N) is 1. The van der Waals surface area contributed by atoms with Crippen molar-refractivity contribution in [2.45, 2.75) is 19.1 Å². The van der Waals surface area contributed by atoms with Crippen LogP contribution in [0.3, 0.4) is 0 Å². The maximum atomic E-state index is 9.36. The lowest BCUT2D eigenvalue weighted by molar-refractivity contribution is 0.0593. The summed E-state index contributed by atoms with van der Waals surface area (Å²) in [5.41, 5.74) is 0. The highest BCUT2D eigenvalue weighted by Gasteiger charge is 2.03. The second kappa shape index (κ2) is 7.01. The van der Waals surface area contributed by atoms with E-state index in [0.29, 0.717) is 31.9 Å². The zero-order valence-corrected chi connectivity index (χ0v) is 9.27. The zero-order chi connectivity index (χ0) is 11.8. The van der Waals surface area contributed by atoms with E-state index >= 15 is 0 Å². The van der Waals surface area contributed by atoms with Crippen molar-refractivity contribution in [1.29, 1.82) is 5.26 Å². The average Bonchev–Trinajstić information content (AvgIpc) is 2.73. The molecule has 88 valence electrons.